The van der Waals surface area contributed by atoms with Gasteiger partial charge in [-0.05, 0) is 52.3 Å². The number of anilines is 1. The van der Waals surface area contributed by atoms with E-state index < -0.39 is 17.2 Å². The van der Waals surface area contributed by atoms with E-state index in [-0.39, 0.29) is 0 Å². The number of hydrogen-bond acceptors (Lipinski definition) is 3. The summed E-state index contributed by atoms with van der Waals surface area (Å²) in [5.74, 6) is 0. The van der Waals surface area contributed by atoms with Gasteiger partial charge in [-0.2, -0.15) is 0 Å². The molecule has 0 saturated heterocycles. The minimum Gasteiger partial charge on any atom is -0.444 e. The smallest absolute Gasteiger partial charge is 0.412 e. The minimum atomic E-state index is -0.505. The zero-order chi connectivity index (χ0) is 14.0. The number of ether oxygens (including phenoxy) is 1. The standard InChI is InChI=1S/C14H22N2O2/c1-13(2,3)18-12(17)16-11-8-6-7-10(9-11)14(4,5)15/h6-9H,15H2,1-5H3,(H,16,17). The summed E-state index contributed by atoms with van der Waals surface area (Å²) in [6.07, 6.45) is -0.463. The van der Waals surface area contributed by atoms with E-state index in [2.05, 4.69) is 5.32 Å². The van der Waals surface area contributed by atoms with Gasteiger partial charge in [0.15, 0.2) is 0 Å². The summed E-state index contributed by atoms with van der Waals surface area (Å²) < 4.78 is 5.19. The lowest BCUT2D eigenvalue weighted by Crippen LogP contribution is -2.29. The van der Waals surface area contributed by atoms with Crippen molar-refractivity contribution >= 4 is 11.8 Å². The molecule has 0 atom stereocenters. The number of amides is 1. The van der Waals surface area contributed by atoms with E-state index >= 15 is 0 Å². The summed E-state index contributed by atoms with van der Waals surface area (Å²) in [7, 11) is 0. The van der Waals surface area contributed by atoms with Crippen LogP contribution in [0, 0.1) is 0 Å². The van der Waals surface area contributed by atoms with E-state index in [1.807, 2.05) is 52.8 Å². The van der Waals surface area contributed by atoms with Crippen molar-refractivity contribution in [3.63, 3.8) is 0 Å². The first-order valence-corrected chi connectivity index (χ1v) is 5.97. The van der Waals surface area contributed by atoms with E-state index in [0.717, 1.165) is 5.56 Å². The van der Waals surface area contributed by atoms with E-state index in [9.17, 15) is 4.79 Å². The second-order valence-electron chi connectivity index (χ2n) is 5.93. The number of rotatable bonds is 2. The van der Waals surface area contributed by atoms with Crippen LogP contribution in [-0.2, 0) is 10.3 Å². The highest BCUT2D eigenvalue weighted by molar-refractivity contribution is 5.85. The van der Waals surface area contributed by atoms with Gasteiger partial charge < -0.3 is 10.5 Å². The fraction of sp³-hybridized carbons (Fsp3) is 0.500. The molecule has 4 nitrogen and oxygen atoms in total. The summed E-state index contributed by atoms with van der Waals surface area (Å²) >= 11 is 0. The van der Waals surface area contributed by atoms with Gasteiger partial charge in [0.1, 0.15) is 5.60 Å². The lowest BCUT2D eigenvalue weighted by atomic mass is 9.95. The summed E-state index contributed by atoms with van der Waals surface area (Å²) in [6.45, 7) is 9.31. The van der Waals surface area contributed by atoms with Gasteiger partial charge in [-0.1, -0.05) is 12.1 Å². The number of hydrogen-bond donors (Lipinski definition) is 2. The highest BCUT2D eigenvalue weighted by atomic mass is 16.6. The Kier molecular flexibility index (Phi) is 4.02. The molecule has 0 radical (unpaired) electrons. The third kappa shape index (κ3) is 4.75. The molecule has 0 saturated carbocycles. The van der Waals surface area contributed by atoms with Crippen LogP contribution in [0.15, 0.2) is 24.3 Å². The third-order valence-corrected chi connectivity index (χ3v) is 2.25. The van der Waals surface area contributed by atoms with Crippen molar-refractivity contribution in [2.45, 2.75) is 45.8 Å². The van der Waals surface area contributed by atoms with Crippen LogP contribution in [0.3, 0.4) is 0 Å². The molecule has 3 N–H and O–H groups in total. The Labute approximate surface area is 109 Å². The Bertz CT molecular complexity index is 428. The summed E-state index contributed by atoms with van der Waals surface area (Å²) in [6, 6.07) is 7.44. The Morgan fingerprint density at radius 3 is 2.33 bits per heavy atom. The molecule has 0 spiro atoms. The molecule has 18 heavy (non-hydrogen) atoms. The molecule has 0 unspecified atom stereocenters. The second-order valence-corrected chi connectivity index (χ2v) is 5.93. The fourth-order valence-corrected chi connectivity index (χ4v) is 1.42. The topological polar surface area (TPSA) is 64.3 Å². The van der Waals surface area contributed by atoms with Crippen molar-refractivity contribution in [2.24, 2.45) is 5.73 Å². The molecule has 0 bridgehead atoms. The highest BCUT2D eigenvalue weighted by Gasteiger charge is 2.17. The van der Waals surface area contributed by atoms with Crippen LogP contribution >= 0.6 is 0 Å². The van der Waals surface area contributed by atoms with Crippen LogP contribution in [-0.4, -0.2) is 11.7 Å². The average molecular weight is 250 g/mol. The average Bonchev–Trinajstić information content (AvgIpc) is 2.13. The van der Waals surface area contributed by atoms with Crippen LogP contribution in [0.4, 0.5) is 10.5 Å². The number of carbonyl (C=O) groups is 1. The van der Waals surface area contributed by atoms with E-state index in [4.69, 9.17) is 10.5 Å². The molecule has 0 aromatic heterocycles. The second kappa shape index (κ2) is 4.98. The number of nitrogens with one attached hydrogen (secondary N) is 1. The molecule has 0 fully saturated rings. The van der Waals surface area contributed by atoms with Gasteiger partial charge in [-0.3, -0.25) is 5.32 Å². The van der Waals surface area contributed by atoms with Crippen molar-refractivity contribution in [3.8, 4) is 0 Å². The lowest BCUT2D eigenvalue weighted by molar-refractivity contribution is 0.0636. The van der Waals surface area contributed by atoms with Crippen molar-refractivity contribution in [1.29, 1.82) is 0 Å². The maximum absolute atomic E-state index is 11.6. The Morgan fingerprint density at radius 2 is 1.83 bits per heavy atom. The molecule has 1 amide bonds. The fourth-order valence-electron chi connectivity index (χ4n) is 1.42. The predicted octanol–water partition coefficient (Wildman–Crippen LogP) is 3.23. The van der Waals surface area contributed by atoms with E-state index in [0.29, 0.717) is 5.69 Å². The van der Waals surface area contributed by atoms with Crippen molar-refractivity contribution < 1.29 is 9.53 Å². The SMILES string of the molecule is CC(C)(C)OC(=O)Nc1cccc(C(C)(C)N)c1. The van der Waals surface area contributed by atoms with Gasteiger partial charge >= 0.3 is 6.09 Å². The Balaban J connectivity index is 2.77. The molecular formula is C14H22N2O2. The summed E-state index contributed by atoms with van der Waals surface area (Å²) in [5, 5.41) is 2.69. The first-order valence-electron chi connectivity index (χ1n) is 5.97. The van der Waals surface area contributed by atoms with Crippen LogP contribution < -0.4 is 11.1 Å². The van der Waals surface area contributed by atoms with Crippen molar-refractivity contribution in [2.75, 3.05) is 5.32 Å². The first-order chi connectivity index (χ1) is 8.08. The molecule has 1 rings (SSSR count). The van der Waals surface area contributed by atoms with Gasteiger partial charge in [-0.15, -0.1) is 0 Å². The van der Waals surface area contributed by atoms with E-state index in [1.165, 1.54) is 0 Å². The molecule has 1 aromatic rings. The van der Waals surface area contributed by atoms with Gasteiger partial charge in [0.2, 0.25) is 0 Å². The number of nitrogens with two attached hydrogens (primary N) is 1. The summed E-state index contributed by atoms with van der Waals surface area (Å²) in [5.41, 5.74) is 6.71. The molecule has 0 heterocycles. The zero-order valence-electron chi connectivity index (χ0n) is 11.7. The third-order valence-electron chi connectivity index (χ3n) is 2.25. The molecule has 1 aromatic carbocycles. The minimum absolute atomic E-state index is 0.439. The molecule has 0 aliphatic rings. The van der Waals surface area contributed by atoms with E-state index in [1.54, 1.807) is 6.07 Å². The van der Waals surface area contributed by atoms with Gasteiger partial charge in [0.25, 0.3) is 0 Å². The van der Waals surface area contributed by atoms with Crippen LogP contribution in [0.25, 0.3) is 0 Å². The lowest BCUT2D eigenvalue weighted by Gasteiger charge is -2.21. The largest absolute Gasteiger partial charge is 0.444 e. The predicted molar refractivity (Wildman–Crippen MR) is 73.5 cm³/mol. The number of carbonyl (C=O) groups excluding carboxylic acids is 1. The van der Waals surface area contributed by atoms with Crippen LogP contribution in [0.2, 0.25) is 0 Å². The number of benzene rings is 1. The Morgan fingerprint density at radius 1 is 1.22 bits per heavy atom. The quantitative estimate of drug-likeness (QED) is 0.847. The van der Waals surface area contributed by atoms with Gasteiger partial charge in [-0.25, -0.2) is 4.79 Å². The Hall–Kier alpha value is -1.55. The molecule has 0 aliphatic carbocycles. The monoisotopic (exact) mass is 250 g/mol. The zero-order valence-corrected chi connectivity index (χ0v) is 11.7. The maximum Gasteiger partial charge on any atom is 0.412 e. The molecule has 4 heteroatoms. The van der Waals surface area contributed by atoms with Crippen molar-refractivity contribution in [3.05, 3.63) is 29.8 Å². The normalized spacial score (nSPS) is 12.1. The van der Waals surface area contributed by atoms with Gasteiger partial charge in [0, 0.05) is 11.2 Å². The van der Waals surface area contributed by atoms with Crippen LogP contribution in [0.1, 0.15) is 40.2 Å². The maximum atomic E-state index is 11.6. The molecule has 100 valence electrons. The molecule has 0 aliphatic heterocycles. The van der Waals surface area contributed by atoms with Crippen molar-refractivity contribution in [1.82, 2.24) is 0 Å². The van der Waals surface area contributed by atoms with Gasteiger partial charge in [0.05, 0.1) is 0 Å². The molecular weight excluding hydrogens is 228 g/mol. The first kappa shape index (κ1) is 14.5. The summed E-state index contributed by atoms with van der Waals surface area (Å²) in [4.78, 5) is 11.6. The highest BCUT2D eigenvalue weighted by Crippen LogP contribution is 2.21. The van der Waals surface area contributed by atoms with Crippen LogP contribution in [0.5, 0.6) is 0 Å².